The zero-order chi connectivity index (χ0) is 27.8. The predicted octanol–water partition coefficient (Wildman–Crippen LogP) is 4.48. The minimum atomic E-state index is -1.63. The number of hydrogen-bond donors (Lipinski definition) is 1. The van der Waals surface area contributed by atoms with Gasteiger partial charge in [-0.25, -0.2) is 8.51 Å². The Bertz CT molecular complexity index is 1510. The highest BCUT2D eigenvalue weighted by atomic mass is 32.2. The summed E-state index contributed by atoms with van der Waals surface area (Å²) in [6, 6.07) is 14.1. The van der Waals surface area contributed by atoms with Crippen LogP contribution in [0.15, 0.2) is 48.0 Å². The van der Waals surface area contributed by atoms with Crippen LogP contribution in [0.2, 0.25) is 0 Å². The van der Waals surface area contributed by atoms with Gasteiger partial charge in [0, 0.05) is 54.8 Å². The summed E-state index contributed by atoms with van der Waals surface area (Å²) in [5.74, 6) is 0.0538. The van der Waals surface area contributed by atoms with Crippen molar-refractivity contribution in [2.24, 2.45) is 0 Å². The first-order valence-corrected chi connectivity index (χ1v) is 15.3. The maximum absolute atomic E-state index is 13.8. The Balaban J connectivity index is 1.53. The van der Waals surface area contributed by atoms with Gasteiger partial charge in [0.1, 0.15) is 0 Å². The number of morpholine rings is 1. The second kappa shape index (κ2) is 11.3. The molecule has 2 fully saturated rings. The normalized spacial score (nSPS) is 18.6. The quantitative estimate of drug-likeness (QED) is 0.499. The minimum Gasteiger partial charge on any atom is -0.378 e. The first-order chi connectivity index (χ1) is 19.4. The average molecular weight is 561 g/mol. The van der Waals surface area contributed by atoms with E-state index in [1.54, 1.807) is 14.1 Å². The SMILES string of the molecule is CN(C)S(=O)NC(=O)c1ccc2c(C3CCCCC3)c3n(c2c1)CC(C(=O)N1CCOCC1)=Cc1ccccc1-3. The molecule has 1 aliphatic carbocycles. The van der Waals surface area contributed by atoms with E-state index in [9.17, 15) is 13.8 Å². The van der Waals surface area contributed by atoms with Crippen LogP contribution in [0.1, 0.15) is 59.5 Å². The van der Waals surface area contributed by atoms with Crippen molar-refractivity contribution in [3.05, 3.63) is 64.7 Å². The highest BCUT2D eigenvalue weighted by Gasteiger charge is 2.31. The molecule has 0 bridgehead atoms. The Kier molecular flexibility index (Phi) is 7.61. The fraction of sp³-hybridized carbons (Fsp3) is 0.419. The molecule has 1 saturated carbocycles. The monoisotopic (exact) mass is 560 g/mol. The van der Waals surface area contributed by atoms with Crippen molar-refractivity contribution < 1.29 is 18.5 Å². The molecule has 2 aromatic carbocycles. The van der Waals surface area contributed by atoms with Gasteiger partial charge >= 0.3 is 0 Å². The van der Waals surface area contributed by atoms with E-state index in [0.29, 0.717) is 44.3 Å². The van der Waals surface area contributed by atoms with Gasteiger partial charge in [-0.05, 0) is 48.1 Å². The van der Waals surface area contributed by atoms with Crippen LogP contribution >= 0.6 is 0 Å². The van der Waals surface area contributed by atoms with Crippen molar-refractivity contribution in [3.63, 3.8) is 0 Å². The lowest BCUT2D eigenvalue weighted by molar-refractivity contribution is -0.131. The molecule has 6 rings (SSSR count). The Morgan fingerprint density at radius 3 is 2.52 bits per heavy atom. The molecule has 1 saturated heterocycles. The number of rotatable bonds is 5. The number of carbonyl (C=O) groups excluding carboxylic acids is 2. The van der Waals surface area contributed by atoms with Crippen LogP contribution in [0.25, 0.3) is 28.2 Å². The van der Waals surface area contributed by atoms with Crippen LogP contribution in [0.3, 0.4) is 0 Å². The van der Waals surface area contributed by atoms with Crippen molar-refractivity contribution in [2.75, 3.05) is 40.4 Å². The number of ether oxygens (including phenoxy) is 1. The molecular weight excluding hydrogens is 524 g/mol. The molecule has 1 unspecified atom stereocenters. The number of carbonyl (C=O) groups is 2. The Hall–Kier alpha value is -3.27. The van der Waals surface area contributed by atoms with Crippen LogP contribution < -0.4 is 4.72 Å². The van der Waals surface area contributed by atoms with E-state index < -0.39 is 17.1 Å². The van der Waals surface area contributed by atoms with Crippen molar-refractivity contribution in [1.82, 2.24) is 18.5 Å². The molecule has 2 aliphatic heterocycles. The van der Waals surface area contributed by atoms with Crippen LogP contribution in [0.4, 0.5) is 0 Å². The van der Waals surface area contributed by atoms with Crippen molar-refractivity contribution in [2.45, 2.75) is 44.6 Å². The average Bonchev–Trinajstić information content (AvgIpc) is 3.19. The zero-order valence-corrected chi connectivity index (χ0v) is 24.0. The molecular formula is C31H36N4O4S. The van der Waals surface area contributed by atoms with Gasteiger partial charge in [0.15, 0.2) is 11.2 Å². The molecule has 9 heteroatoms. The Labute approximate surface area is 237 Å². The molecule has 0 spiro atoms. The molecule has 210 valence electrons. The molecule has 3 aliphatic rings. The van der Waals surface area contributed by atoms with Crippen molar-refractivity contribution in [3.8, 4) is 11.3 Å². The van der Waals surface area contributed by atoms with Gasteiger partial charge in [-0.3, -0.25) is 14.3 Å². The second-order valence-corrected chi connectivity index (χ2v) is 12.5. The van der Waals surface area contributed by atoms with Crippen LogP contribution in [0, 0.1) is 0 Å². The predicted molar refractivity (Wildman–Crippen MR) is 158 cm³/mol. The van der Waals surface area contributed by atoms with Crippen LogP contribution in [0.5, 0.6) is 0 Å². The lowest BCUT2D eigenvalue weighted by atomic mass is 9.81. The zero-order valence-electron chi connectivity index (χ0n) is 23.2. The largest absolute Gasteiger partial charge is 0.378 e. The van der Waals surface area contributed by atoms with Crippen molar-refractivity contribution in [1.29, 1.82) is 0 Å². The molecule has 2 amide bonds. The van der Waals surface area contributed by atoms with E-state index in [0.717, 1.165) is 46.1 Å². The smallest absolute Gasteiger partial charge is 0.264 e. The Morgan fingerprint density at radius 1 is 1.02 bits per heavy atom. The molecule has 1 N–H and O–H groups in total. The third kappa shape index (κ3) is 5.02. The number of fused-ring (bicyclic) bond motifs is 5. The topological polar surface area (TPSA) is 83.9 Å². The van der Waals surface area contributed by atoms with Gasteiger partial charge in [-0.15, -0.1) is 0 Å². The van der Waals surface area contributed by atoms with Gasteiger partial charge in [0.2, 0.25) is 0 Å². The first-order valence-electron chi connectivity index (χ1n) is 14.2. The molecule has 3 heterocycles. The number of nitrogens with zero attached hydrogens (tertiary/aromatic N) is 3. The number of nitrogens with one attached hydrogen (secondary N) is 1. The van der Waals surface area contributed by atoms with Gasteiger partial charge in [0.25, 0.3) is 11.8 Å². The molecule has 1 atom stereocenters. The van der Waals surface area contributed by atoms with Crippen LogP contribution in [-0.4, -0.2) is 70.2 Å². The van der Waals surface area contributed by atoms with E-state index in [2.05, 4.69) is 27.5 Å². The third-order valence-electron chi connectivity index (χ3n) is 8.34. The summed E-state index contributed by atoms with van der Waals surface area (Å²) >= 11 is -1.63. The van der Waals surface area contributed by atoms with E-state index in [1.165, 1.54) is 29.1 Å². The number of benzene rings is 2. The summed E-state index contributed by atoms with van der Waals surface area (Å²) in [6.45, 7) is 2.67. The first kappa shape index (κ1) is 26.9. The number of amides is 2. The van der Waals surface area contributed by atoms with Gasteiger partial charge in [-0.2, -0.15) is 0 Å². The fourth-order valence-corrected chi connectivity index (χ4v) is 6.81. The summed E-state index contributed by atoms with van der Waals surface area (Å²) in [4.78, 5) is 28.8. The van der Waals surface area contributed by atoms with Gasteiger partial charge < -0.3 is 14.2 Å². The lowest BCUT2D eigenvalue weighted by Crippen LogP contribution is -2.41. The lowest BCUT2D eigenvalue weighted by Gasteiger charge is -2.28. The summed E-state index contributed by atoms with van der Waals surface area (Å²) in [6.07, 6.45) is 7.97. The summed E-state index contributed by atoms with van der Waals surface area (Å²) in [5.41, 5.74) is 6.72. The van der Waals surface area contributed by atoms with Gasteiger partial charge in [0.05, 0.1) is 25.5 Å². The van der Waals surface area contributed by atoms with E-state index >= 15 is 0 Å². The standard InChI is InChI=1S/C31H36N4O4S/c1-33(2)40(38)32-30(36)23-12-13-26-27(19-23)35-20-24(31(37)34-14-16-39-17-15-34)18-22-10-6-7-11-25(22)29(35)28(26)21-8-4-3-5-9-21/h6-7,10-13,18-19,21H,3-5,8-9,14-17,20H2,1-2H3,(H,32,36). The summed E-state index contributed by atoms with van der Waals surface area (Å²) in [5, 5.41) is 1.13. The molecule has 40 heavy (non-hydrogen) atoms. The molecule has 8 nitrogen and oxygen atoms in total. The van der Waals surface area contributed by atoms with E-state index in [4.69, 9.17) is 4.74 Å². The maximum Gasteiger partial charge on any atom is 0.264 e. The minimum absolute atomic E-state index is 0.0299. The highest BCUT2D eigenvalue weighted by Crippen LogP contribution is 2.46. The van der Waals surface area contributed by atoms with E-state index in [1.807, 2.05) is 35.2 Å². The molecule has 3 aromatic rings. The summed E-state index contributed by atoms with van der Waals surface area (Å²) in [7, 11) is 3.31. The number of aromatic nitrogens is 1. The molecule has 1 aromatic heterocycles. The van der Waals surface area contributed by atoms with E-state index in [-0.39, 0.29) is 5.91 Å². The van der Waals surface area contributed by atoms with Crippen LogP contribution in [-0.2, 0) is 27.2 Å². The highest BCUT2D eigenvalue weighted by molar-refractivity contribution is 7.81. The maximum atomic E-state index is 13.8. The fourth-order valence-electron chi connectivity index (χ4n) is 6.35. The van der Waals surface area contributed by atoms with Crippen molar-refractivity contribution >= 4 is 40.0 Å². The Morgan fingerprint density at radius 2 is 1.77 bits per heavy atom. The third-order valence-corrected chi connectivity index (χ3v) is 9.36. The number of hydrogen-bond acceptors (Lipinski definition) is 4. The summed E-state index contributed by atoms with van der Waals surface area (Å²) < 4.78 is 24.1. The second-order valence-electron chi connectivity index (χ2n) is 11.1. The molecule has 0 radical (unpaired) electrons. The van der Waals surface area contributed by atoms with Gasteiger partial charge in [-0.1, -0.05) is 49.6 Å².